The van der Waals surface area contributed by atoms with Gasteiger partial charge in [-0.15, -0.1) is 0 Å². The van der Waals surface area contributed by atoms with E-state index >= 15 is 0 Å². The summed E-state index contributed by atoms with van der Waals surface area (Å²) in [5, 5.41) is 4.55. The number of hydrogen-bond acceptors (Lipinski definition) is 4. The first-order valence-electron chi connectivity index (χ1n) is 12.2. The zero-order chi connectivity index (χ0) is 23.0. The minimum Gasteiger partial charge on any atom is -0.342 e. The van der Waals surface area contributed by atoms with Crippen molar-refractivity contribution in [3.8, 4) is 0 Å². The molecule has 0 radical (unpaired) electrons. The van der Waals surface area contributed by atoms with Gasteiger partial charge in [0, 0.05) is 75.8 Å². The largest absolute Gasteiger partial charge is 0.342 e. The molecule has 1 aromatic heterocycles. The maximum Gasteiger partial charge on any atom is 0.274 e. The van der Waals surface area contributed by atoms with E-state index in [-0.39, 0.29) is 29.6 Å². The van der Waals surface area contributed by atoms with Crippen molar-refractivity contribution >= 4 is 17.7 Å². The Balaban J connectivity index is 1.40. The summed E-state index contributed by atoms with van der Waals surface area (Å²) in [5.41, 5.74) is 2.41. The summed E-state index contributed by atoms with van der Waals surface area (Å²) in [5.74, 6) is 0.968. The highest BCUT2D eigenvalue weighted by molar-refractivity contribution is 5.94. The first-order valence-corrected chi connectivity index (χ1v) is 12.2. The quantitative estimate of drug-likeness (QED) is 0.717. The summed E-state index contributed by atoms with van der Waals surface area (Å²) in [6, 6.07) is 0. The standard InChI is InChI=1S/C24H37N5O3/c1-16(2)22(30)29-14-9-20-19(15-29)21(25-26(20)4)24(32)28-12-7-18(8-13-28)23(31)27-10-5-17(3)6-11-27/h16-18H,5-15H2,1-4H3. The molecule has 2 fully saturated rings. The summed E-state index contributed by atoms with van der Waals surface area (Å²) in [4.78, 5) is 44.5. The van der Waals surface area contributed by atoms with Gasteiger partial charge in [-0.2, -0.15) is 5.10 Å². The normalized spacial score (nSPS) is 20.6. The van der Waals surface area contributed by atoms with E-state index in [1.54, 1.807) is 4.68 Å². The summed E-state index contributed by atoms with van der Waals surface area (Å²) in [7, 11) is 1.87. The van der Waals surface area contributed by atoms with Crippen LogP contribution in [0, 0.1) is 17.8 Å². The molecule has 8 nitrogen and oxygen atoms in total. The van der Waals surface area contributed by atoms with Crippen molar-refractivity contribution in [2.75, 3.05) is 32.7 Å². The van der Waals surface area contributed by atoms with Crippen LogP contribution in [0.3, 0.4) is 0 Å². The van der Waals surface area contributed by atoms with Crippen LogP contribution in [0.25, 0.3) is 0 Å². The highest BCUT2D eigenvalue weighted by Gasteiger charge is 2.35. The van der Waals surface area contributed by atoms with Gasteiger partial charge in [0.05, 0.1) is 0 Å². The van der Waals surface area contributed by atoms with Gasteiger partial charge in [0.2, 0.25) is 11.8 Å². The molecule has 0 unspecified atom stereocenters. The third-order valence-electron chi connectivity index (χ3n) is 7.48. The average Bonchev–Trinajstić information content (AvgIpc) is 3.14. The zero-order valence-corrected chi connectivity index (χ0v) is 20.0. The van der Waals surface area contributed by atoms with Crippen LogP contribution in [0.4, 0.5) is 0 Å². The first-order chi connectivity index (χ1) is 15.3. The van der Waals surface area contributed by atoms with Gasteiger partial charge in [0.25, 0.3) is 5.91 Å². The van der Waals surface area contributed by atoms with E-state index in [9.17, 15) is 14.4 Å². The average molecular weight is 444 g/mol. The number of aromatic nitrogens is 2. The van der Waals surface area contributed by atoms with Gasteiger partial charge in [-0.05, 0) is 31.6 Å². The summed E-state index contributed by atoms with van der Waals surface area (Å²) >= 11 is 0. The summed E-state index contributed by atoms with van der Waals surface area (Å²) in [6.45, 7) is 10.1. The number of likely N-dealkylation sites (tertiary alicyclic amines) is 2. The van der Waals surface area contributed by atoms with Crippen LogP contribution in [0.5, 0.6) is 0 Å². The van der Waals surface area contributed by atoms with Crippen LogP contribution >= 0.6 is 0 Å². The van der Waals surface area contributed by atoms with Gasteiger partial charge in [-0.3, -0.25) is 19.1 Å². The number of piperidine rings is 2. The Bertz CT molecular complexity index is 876. The number of amides is 3. The molecule has 0 atom stereocenters. The molecule has 0 spiro atoms. The third-order valence-corrected chi connectivity index (χ3v) is 7.48. The van der Waals surface area contributed by atoms with Crippen molar-refractivity contribution in [3.05, 3.63) is 17.0 Å². The Hall–Kier alpha value is -2.38. The number of carbonyl (C=O) groups excluding carboxylic acids is 3. The molecule has 0 saturated carbocycles. The molecular formula is C24H37N5O3. The lowest BCUT2D eigenvalue weighted by molar-refractivity contribution is -0.138. The molecule has 0 N–H and O–H groups in total. The Kier molecular flexibility index (Phi) is 6.58. The topological polar surface area (TPSA) is 78.8 Å². The van der Waals surface area contributed by atoms with Gasteiger partial charge >= 0.3 is 0 Å². The Morgan fingerprint density at radius 1 is 0.906 bits per heavy atom. The van der Waals surface area contributed by atoms with E-state index in [0.29, 0.717) is 50.6 Å². The monoisotopic (exact) mass is 443 g/mol. The van der Waals surface area contributed by atoms with Gasteiger partial charge in [-0.1, -0.05) is 20.8 Å². The predicted octanol–water partition coefficient (Wildman–Crippen LogP) is 2.07. The fraction of sp³-hybridized carbons (Fsp3) is 0.750. The molecule has 2 saturated heterocycles. The Labute approximate surface area is 190 Å². The van der Waals surface area contributed by atoms with Gasteiger partial charge in [0.1, 0.15) is 0 Å². The highest BCUT2D eigenvalue weighted by atomic mass is 16.2. The van der Waals surface area contributed by atoms with Crippen LogP contribution in [-0.4, -0.2) is 74.9 Å². The molecule has 3 aliphatic rings. The Morgan fingerprint density at radius 3 is 2.16 bits per heavy atom. The molecule has 4 heterocycles. The second-order valence-corrected chi connectivity index (χ2v) is 10.1. The van der Waals surface area contributed by atoms with E-state index in [4.69, 9.17) is 0 Å². The van der Waals surface area contributed by atoms with Gasteiger partial charge in [-0.25, -0.2) is 0 Å². The third kappa shape index (κ3) is 4.41. The van der Waals surface area contributed by atoms with Gasteiger partial charge < -0.3 is 14.7 Å². The van der Waals surface area contributed by atoms with Crippen molar-refractivity contribution in [1.29, 1.82) is 0 Å². The molecule has 3 amide bonds. The molecule has 1 aromatic rings. The molecule has 0 aromatic carbocycles. The second kappa shape index (κ2) is 9.24. The summed E-state index contributed by atoms with van der Waals surface area (Å²) in [6.07, 6.45) is 4.32. The SMILES string of the molecule is CC1CCN(C(=O)C2CCN(C(=O)c3nn(C)c4c3CN(C(=O)C(C)C)CC4)CC2)CC1. The first kappa shape index (κ1) is 22.8. The lowest BCUT2D eigenvalue weighted by Gasteiger charge is -2.36. The van der Waals surface area contributed by atoms with Crippen LogP contribution in [0.15, 0.2) is 0 Å². The fourth-order valence-corrected chi connectivity index (χ4v) is 5.28. The van der Waals surface area contributed by atoms with Crippen molar-refractivity contribution in [3.63, 3.8) is 0 Å². The minimum absolute atomic E-state index is 0.0178. The number of rotatable bonds is 3. The van der Waals surface area contributed by atoms with Crippen LogP contribution in [0.1, 0.15) is 68.2 Å². The highest BCUT2D eigenvalue weighted by Crippen LogP contribution is 2.27. The minimum atomic E-state index is -0.0709. The van der Waals surface area contributed by atoms with E-state index in [2.05, 4.69) is 12.0 Å². The van der Waals surface area contributed by atoms with Crippen molar-refractivity contribution in [2.24, 2.45) is 24.8 Å². The fourth-order valence-electron chi connectivity index (χ4n) is 5.28. The smallest absolute Gasteiger partial charge is 0.274 e. The molecule has 32 heavy (non-hydrogen) atoms. The van der Waals surface area contributed by atoms with E-state index < -0.39 is 0 Å². The second-order valence-electron chi connectivity index (χ2n) is 10.1. The number of nitrogens with zero attached hydrogens (tertiary/aromatic N) is 5. The Morgan fingerprint density at radius 2 is 1.53 bits per heavy atom. The lowest BCUT2D eigenvalue weighted by Crippen LogP contribution is -2.46. The van der Waals surface area contributed by atoms with Crippen LogP contribution in [0.2, 0.25) is 0 Å². The summed E-state index contributed by atoms with van der Waals surface area (Å²) < 4.78 is 1.80. The zero-order valence-electron chi connectivity index (χ0n) is 20.0. The predicted molar refractivity (Wildman–Crippen MR) is 121 cm³/mol. The number of hydrogen-bond donors (Lipinski definition) is 0. The van der Waals surface area contributed by atoms with Crippen molar-refractivity contribution in [1.82, 2.24) is 24.5 Å². The maximum atomic E-state index is 13.4. The molecule has 0 bridgehead atoms. The molecule has 4 rings (SSSR count). The molecule has 3 aliphatic heterocycles. The van der Waals surface area contributed by atoms with Crippen molar-refractivity contribution < 1.29 is 14.4 Å². The van der Waals surface area contributed by atoms with E-state index in [0.717, 1.165) is 43.6 Å². The van der Waals surface area contributed by atoms with E-state index in [1.165, 1.54) is 0 Å². The molecule has 0 aliphatic carbocycles. The molecular weight excluding hydrogens is 406 g/mol. The van der Waals surface area contributed by atoms with Crippen molar-refractivity contribution in [2.45, 2.75) is 59.4 Å². The lowest BCUT2D eigenvalue weighted by atomic mass is 9.92. The maximum absolute atomic E-state index is 13.4. The van der Waals surface area contributed by atoms with Gasteiger partial charge in [0.15, 0.2) is 5.69 Å². The number of fused-ring (bicyclic) bond motifs is 1. The van der Waals surface area contributed by atoms with Crippen LogP contribution < -0.4 is 0 Å². The molecule has 176 valence electrons. The van der Waals surface area contributed by atoms with E-state index in [1.807, 2.05) is 35.6 Å². The van der Waals surface area contributed by atoms with Crippen LogP contribution in [-0.2, 0) is 29.6 Å². The number of aryl methyl sites for hydroxylation is 1. The molecule has 8 heteroatoms. The number of carbonyl (C=O) groups is 3.